The van der Waals surface area contributed by atoms with E-state index in [-0.39, 0.29) is 0 Å². The van der Waals surface area contributed by atoms with Crippen LogP contribution < -0.4 is 5.32 Å². The van der Waals surface area contributed by atoms with Gasteiger partial charge in [-0.3, -0.25) is 0 Å². The molecule has 0 saturated heterocycles. The summed E-state index contributed by atoms with van der Waals surface area (Å²) in [6, 6.07) is 10.2. The quantitative estimate of drug-likeness (QED) is 0.626. The van der Waals surface area contributed by atoms with Crippen molar-refractivity contribution in [3.8, 4) is 0 Å². The first-order valence-electron chi connectivity index (χ1n) is 8.14. The highest BCUT2D eigenvalue weighted by Gasteiger charge is 2.07. The Hall–Kier alpha value is -1.94. The van der Waals surface area contributed by atoms with Gasteiger partial charge < -0.3 is 9.73 Å². The minimum Gasteiger partial charge on any atom is -0.424 e. The molecule has 0 radical (unpaired) electrons. The van der Waals surface area contributed by atoms with E-state index in [0.29, 0.717) is 24.7 Å². The molecule has 0 saturated carbocycles. The molecule has 0 fully saturated rings. The van der Waals surface area contributed by atoms with Gasteiger partial charge in [-0.1, -0.05) is 42.0 Å². The lowest BCUT2D eigenvalue weighted by Gasteiger charge is -2.12. The first-order chi connectivity index (χ1) is 10.9. The maximum Gasteiger partial charge on any atom is 0.230 e. The maximum absolute atomic E-state index is 5.68. The zero-order valence-corrected chi connectivity index (χ0v) is 12.9. The summed E-state index contributed by atoms with van der Waals surface area (Å²) in [4.78, 5) is 0. The Balaban J connectivity index is 1.41. The van der Waals surface area contributed by atoms with E-state index >= 15 is 0 Å². The Kier molecular flexibility index (Phi) is 5.37. The maximum atomic E-state index is 5.68. The summed E-state index contributed by atoms with van der Waals surface area (Å²) in [5.41, 5.74) is 2.78. The molecule has 1 aromatic heterocycles. The van der Waals surface area contributed by atoms with Gasteiger partial charge in [0.25, 0.3) is 0 Å². The fraction of sp³-hybridized carbons (Fsp3) is 0.444. The number of nitrogens with one attached hydrogen (secondary N) is 1. The van der Waals surface area contributed by atoms with Crippen molar-refractivity contribution in [1.29, 1.82) is 0 Å². The molecule has 2 aromatic rings. The van der Waals surface area contributed by atoms with Crippen LogP contribution in [0, 0.1) is 0 Å². The van der Waals surface area contributed by atoms with Crippen LogP contribution in [0.15, 0.2) is 46.4 Å². The molecule has 1 aromatic carbocycles. The molecule has 0 bridgehead atoms. The smallest absolute Gasteiger partial charge is 0.230 e. The Morgan fingerprint density at radius 2 is 1.91 bits per heavy atom. The number of nitrogens with zero attached hydrogens (tertiary/aromatic N) is 2. The lowest BCUT2D eigenvalue weighted by molar-refractivity contribution is 0.439. The predicted molar refractivity (Wildman–Crippen MR) is 86.4 cm³/mol. The fourth-order valence-electron chi connectivity index (χ4n) is 2.78. The van der Waals surface area contributed by atoms with Crippen molar-refractivity contribution < 1.29 is 4.42 Å². The van der Waals surface area contributed by atoms with Gasteiger partial charge >= 0.3 is 0 Å². The molecule has 0 unspecified atom stereocenters. The Labute approximate surface area is 131 Å². The highest BCUT2D eigenvalue weighted by molar-refractivity contribution is 5.17. The molecule has 1 aliphatic rings. The van der Waals surface area contributed by atoms with Crippen LogP contribution in [0.1, 0.15) is 49.4 Å². The van der Waals surface area contributed by atoms with E-state index in [1.165, 1.54) is 31.2 Å². The third kappa shape index (κ3) is 4.53. The number of benzene rings is 1. The van der Waals surface area contributed by atoms with Gasteiger partial charge in [0, 0.05) is 0 Å². The molecule has 0 aliphatic heterocycles. The zero-order valence-electron chi connectivity index (χ0n) is 12.9. The Morgan fingerprint density at radius 1 is 1.05 bits per heavy atom. The van der Waals surface area contributed by atoms with Crippen molar-refractivity contribution in [2.24, 2.45) is 0 Å². The molecule has 0 atom stereocenters. The van der Waals surface area contributed by atoms with Gasteiger partial charge in [0.05, 0.1) is 13.0 Å². The molecule has 0 spiro atoms. The number of rotatable bonds is 7. The monoisotopic (exact) mass is 297 g/mol. The van der Waals surface area contributed by atoms with Crippen LogP contribution in [0.5, 0.6) is 0 Å². The van der Waals surface area contributed by atoms with Crippen LogP contribution in [0.4, 0.5) is 0 Å². The summed E-state index contributed by atoms with van der Waals surface area (Å²) in [5.74, 6) is 1.35. The molecular formula is C18H23N3O. The van der Waals surface area contributed by atoms with E-state index < -0.39 is 0 Å². The number of aromatic nitrogens is 2. The normalized spacial score (nSPS) is 14.8. The van der Waals surface area contributed by atoms with Gasteiger partial charge in [0.2, 0.25) is 11.8 Å². The molecule has 1 heterocycles. The van der Waals surface area contributed by atoms with Crippen molar-refractivity contribution in [1.82, 2.24) is 15.5 Å². The Morgan fingerprint density at radius 3 is 2.73 bits per heavy atom. The van der Waals surface area contributed by atoms with Crippen molar-refractivity contribution in [2.75, 3.05) is 6.54 Å². The largest absolute Gasteiger partial charge is 0.424 e. The second kappa shape index (κ2) is 7.90. The molecular weight excluding hydrogens is 274 g/mol. The second-order valence-electron chi connectivity index (χ2n) is 5.79. The van der Waals surface area contributed by atoms with Crippen LogP contribution in [0.3, 0.4) is 0 Å². The van der Waals surface area contributed by atoms with Gasteiger partial charge in [-0.05, 0) is 44.2 Å². The van der Waals surface area contributed by atoms with Crippen LogP contribution in [0.25, 0.3) is 0 Å². The van der Waals surface area contributed by atoms with E-state index in [1.807, 2.05) is 18.2 Å². The predicted octanol–water partition coefficient (Wildman–Crippen LogP) is 3.64. The topological polar surface area (TPSA) is 51.0 Å². The standard InChI is InChI=1S/C18H23N3O/c1-3-7-15(8-4-1)11-12-19-14-18-21-20-17(22-18)13-16-9-5-2-6-10-16/h2,5-7,9-10,19H,1,3-4,8,11-14H2. The van der Waals surface area contributed by atoms with Crippen LogP contribution in [-0.2, 0) is 13.0 Å². The summed E-state index contributed by atoms with van der Waals surface area (Å²) in [6.07, 6.45) is 9.44. The summed E-state index contributed by atoms with van der Waals surface area (Å²) in [6.45, 7) is 1.62. The van der Waals surface area contributed by atoms with Crippen LogP contribution in [0.2, 0.25) is 0 Å². The third-order valence-corrected chi connectivity index (χ3v) is 3.99. The van der Waals surface area contributed by atoms with Crippen molar-refractivity contribution in [3.63, 3.8) is 0 Å². The lowest BCUT2D eigenvalue weighted by Crippen LogP contribution is -2.15. The molecule has 3 rings (SSSR count). The summed E-state index contributed by atoms with van der Waals surface area (Å²) in [7, 11) is 0. The summed E-state index contributed by atoms with van der Waals surface area (Å²) >= 11 is 0. The van der Waals surface area contributed by atoms with E-state index in [0.717, 1.165) is 13.0 Å². The minimum atomic E-state index is 0.648. The highest BCUT2D eigenvalue weighted by atomic mass is 16.4. The molecule has 116 valence electrons. The second-order valence-corrected chi connectivity index (χ2v) is 5.79. The number of hydrogen-bond donors (Lipinski definition) is 1. The molecule has 4 nitrogen and oxygen atoms in total. The summed E-state index contributed by atoms with van der Waals surface area (Å²) < 4.78 is 5.68. The number of allylic oxidation sites excluding steroid dienone is 1. The summed E-state index contributed by atoms with van der Waals surface area (Å²) in [5, 5.41) is 11.6. The van der Waals surface area contributed by atoms with E-state index in [9.17, 15) is 0 Å². The number of hydrogen-bond acceptors (Lipinski definition) is 4. The highest BCUT2D eigenvalue weighted by Crippen LogP contribution is 2.19. The Bertz CT molecular complexity index is 604. The van der Waals surface area contributed by atoms with Crippen molar-refractivity contribution in [2.45, 2.75) is 45.1 Å². The van der Waals surface area contributed by atoms with E-state index in [1.54, 1.807) is 5.57 Å². The van der Waals surface area contributed by atoms with Gasteiger partial charge in [-0.15, -0.1) is 10.2 Å². The third-order valence-electron chi connectivity index (χ3n) is 3.99. The average molecular weight is 297 g/mol. The SMILES string of the molecule is C1=C(CCNCc2nnc(Cc3ccccc3)o2)CCCC1. The van der Waals surface area contributed by atoms with Crippen LogP contribution in [-0.4, -0.2) is 16.7 Å². The molecule has 0 amide bonds. The molecule has 1 aliphatic carbocycles. The van der Waals surface area contributed by atoms with Gasteiger partial charge in [0.1, 0.15) is 0 Å². The lowest BCUT2D eigenvalue weighted by atomic mass is 9.97. The van der Waals surface area contributed by atoms with Gasteiger partial charge in [-0.25, -0.2) is 0 Å². The van der Waals surface area contributed by atoms with Crippen molar-refractivity contribution >= 4 is 0 Å². The first kappa shape index (κ1) is 15.0. The first-order valence-corrected chi connectivity index (χ1v) is 8.14. The molecule has 4 heteroatoms. The van der Waals surface area contributed by atoms with Gasteiger partial charge in [-0.2, -0.15) is 0 Å². The van der Waals surface area contributed by atoms with Crippen molar-refractivity contribution in [3.05, 3.63) is 59.3 Å². The van der Waals surface area contributed by atoms with E-state index in [4.69, 9.17) is 4.42 Å². The minimum absolute atomic E-state index is 0.648. The molecule has 1 N–H and O–H groups in total. The van der Waals surface area contributed by atoms with Gasteiger partial charge in [0.15, 0.2) is 0 Å². The van der Waals surface area contributed by atoms with Crippen LogP contribution >= 0.6 is 0 Å². The average Bonchev–Trinajstić information content (AvgIpc) is 3.01. The zero-order chi connectivity index (χ0) is 15.0. The fourth-order valence-corrected chi connectivity index (χ4v) is 2.78. The van der Waals surface area contributed by atoms with E-state index in [2.05, 4.69) is 33.7 Å². The molecule has 22 heavy (non-hydrogen) atoms.